The smallest absolute Gasteiger partial charge is 0.209 e. The lowest BCUT2D eigenvalue weighted by Crippen LogP contribution is -2.14. The van der Waals surface area contributed by atoms with E-state index in [2.05, 4.69) is 20.4 Å². The maximum absolute atomic E-state index is 12.4. The number of aryl methyl sites for hydroxylation is 2. The minimum absolute atomic E-state index is 0.137. The van der Waals surface area contributed by atoms with Crippen LogP contribution in [0, 0.1) is 13.8 Å². The third kappa shape index (κ3) is 6.85. The fourth-order valence-electron chi connectivity index (χ4n) is 5.43. The molecule has 50 heavy (non-hydrogen) atoms. The van der Waals surface area contributed by atoms with Gasteiger partial charge < -0.3 is 0 Å². The molecule has 0 aliphatic heterocycles. The molecule has 0 atom stereocenters. The van der Waals surface area contributed by atoms with Gasteiger partial charge in [0.15, 0.2) is 11.4 Å². The Bertz CT molecular complexity index is 2510. The summed E-state index contributed by atoms with van der Waals surface area (Å²) in [4.78, 5) is 24.7. The van der Waals surface area contributed by atoms with E-state index in [1.54, 1.807) is 49.5 Å². The molecular weight excluding hydrogens is 624 g/mol. The van der Waals surface area contributed by atoms with Crippen LogP contribution in [0.4, 0.5) is 0 Å². The fourth-order valence-corrected chi connectivity index (χ4v) is 5.43. The zero-order valence-corrected chi connectivity index (χ0v) is 27.4. The van der Waals surface area contributed by atoms with Gasteiger partial charge in [-0.25, -0.2) is 18.7 Å². The molecular formula is C40H32N8O2. The van der Waals surface area contributed by atoms with Crippen molar-refractivity contribution in [1.82, 2.24) is 39.1 Å². The molecule has 4 aromatic carbocycles. The summed E-state index contributed by atoms with van der Waals surface area (Å²) in [5.41, 5.74) is 7.53. The van der Waals surface area contributed by atoms with Crippen LogP contribution in [0.1, 0.15) is 11.1 Å². The number of para-hydroxylation sites is 2. The van der Waals surface area contributed by atoms with Gasteiger partial charge >= 0.3 is 0 Å². The third-order valence-corrected chi connectivity index (χ3v) is 7.89. The molecule has 0 N–H and O–H groups in total. The average molecular weight is 657 g/mol. The van der Waals surface area contributed by atoms with E-state index >= 15 is 0 Å². The summed E-state index contributed by atoms with van der Waals surface area (Å²) in [7, 11) is 0. The number of rotatable bonds is 6. The van der Waals surface area contributed by atoms with Gasteiger partial charge in [-0.05, 0) is 85.6 Å². The van der Waals surface area contributed by atoms with E-state index in [0.29, 0.717) is 22.8 Å². The highest BCUT2D eigenvalue weighted by Gasteiger charge is 2.14. The quantitative estimate of drug-likeness (QED) is 0.195. The van der Waals surface area contributed by atoms with Crippen LogP contribution < -0.4 is 10.9 Å². The van der Waals surface area contributed by atoms with Gasteiger partial charge in [-0.15, -0.1) is 0 Å². The molecule has 8 rings (SSSR count). The van der Waals surface area contributed by atoms with E-state index in [1.165, 1.54) is 12.1 Å². The van der Waals surface area contributed by atoms with Gasteiger partial charge in [-0.3, -0.25) is 9.59 Å². The van der Waals surface area contributed by atoms with Crippen molar-refractivity contribution < 1.29 is 0 Å². The van der Waals surface area contributed by atoms with Gasteiger partial charge in [-0.2, -0.15) is 20.4 Å². The number of hydrogen-bond acceptors (Lipinski definition) is 6. The van der Waals surface area contributed by atoms with Gasteiger partial charge in [0, 0.05) is 30.7 Å². The molecule has 4 heterocycles. The van der Waals surface area contributed by atoms with Gasteiger partial charge in [-0.1, -0.05) is 60.7 Å². The Morgan fingerprint density at radius 1 is 0.460 bits per heavy atom. The second-order valence-corrected chi connectivity index (χ2v) is 11.6. The minimum atomic E-state index is -0.151. The number of nitrogens with zero attached hydrogens (tertiary/aromatic N) is 8. The van der Waals surface area contributed by atoms with Crippen LogP contribution in [0.15, 0.2) is 168 Å². The average Bonchev–Trinajstić information content (AvgIpc) is 3.84. The Labute approximate surface area is 287 Å². The van der Waals surface area contributed by atoms with E-state index < -0.39 is 0 Å². The van der Waals surface area contributed by atoms with Crippen LogP contribution in [0.3, 0.4) is 0 Å². The first-order valence-corrected chi connectivity index (χ1v) is 16.0. The standard InChI is InChI=1S/2C20H16N4O/c1-15-6-5-9-17(14-15)24-13-11-19(25)20(22-24)18-10-12-23(21-18)16-7-3-2-4-8-16;1-15-6-5-9-17(14-15)23-13-11-19(25)20(22-23)18-10-12-21-24(18)16-7-3-2-4-8-16/h2*2-14H,1H3. The molecule has 0 saturated heterocycles. The van der Waals surface area contributed by atoms with Crippen molar-refractivity contribution in [3.63, 3.8) is 0 Å². The lowest BCUT2D eigenvalue weighted by atomic mass is 10.2. The monoisotopic (exact) mass is 656 g/mol. The van der Waals surface area contributed by atoms with Crippen molar-refractivity contribution in [2.24, 2.45) is 0 Å². The number of benzene rings is 4. The van der Waals surface area contributed by atoms with Crippen molar-refractivity contribution in [3.05, 3.63) is 190 Å². The first-order valence-electron chi connectivity index (χ1n) is 16.0. The lowest BCUT2D eigenvalue weighted by Gasteiger charge is -2.10. The summed E-state index contributed by atoms with van der Waals surface area (Å²) in [5, 5.41) is 17.9. The number of hydrogen-bond donors (Lipinski definition) is 0. The molecule has 244 valence electrons. The molecule has 0 fully saturated rings. The third-order valence-electron chi connectivity index (χ3n) is 7.89. The highest BCUT2D eigenvalue weighted by molar-refractivity contribution is 5.57. The van der Waals surface area contributed by atoms with Crippen LogP contribution in [0.25, 0.3) is 45.5 Å². The summed E-state index contributed by atoms with van der Waals surface area (Å²) >= 11 is 0. The van der Waals surface area contributed by atoms with E-state index in [0.717, 1.165) is 33.9 Å². The molecule has 0 aliphatic carbocycles. The normalized spacial score (nSPS) is 10.8. The molecule has 0 unspecified atom stereocenters. The first kappa shape index (κ1) is 31.6. The Morgan fingerprint density at radius 2 is 0.960 bits per heavy atom. The zero-order chi connectivity index (χ0) is 34.5. The molecule has 0 aliphatic rings. The van der Waals surface area contributed by atoms with Crippen molar-refractivity contribution in [3.8, 4) is 45.5 Å². The van der Waals surface area contributed by atoms with Gasteiger partial charge in [0.1, 0.15) is 5.69 Å². The van der Waals surface area contributed by atoms with Crippen molar-refractivity contribution in [2.75, 3.05) is 0 Å². The zero-order valence-electron chi connectivity index (χ0n) is 27.4. The van der Waals surface area contributed by atoms with E-state index in [9.17, 15) is 9.59 Å². The summed E-state index contributed by atoms with van der Waals surface area (Å²) in [6.07, 6.45) is 6.86. The fraction of sp³-hybridized carbons (Fsp3) is 0.0500. The molecule has 0 bridgehead atoms. The molecule has 0 saturated carbocycles. The van der Waals surface area contributed by atoms with Crippen LogP contribution in [-0.2, 0) is 0 Å². The lowest BCUT2D eigenvalue weighted by molar-refractivity contribution is 0.822. The molecule has 0 radical (unpaired) electrons. The second kappa shape index (κ2) is 14.0. The Hall–Kier alpha value is -6.94. The summed E-state index contributed by atoms with van der Waals surface area (Å²) in [6.45, 7) is 4.05. The maximum atomic E-state index is 12.4. The van der Waals surface area contributed by atoms with Crippen LogP contribution in [0.5, 0.6) is 0 Å². The van der Waals surface area contributed by atoms with Crippen molar-refractivity contribution in [1.29, 1.82) is 0 Å². The Kier molecular flexibility index (Phi) is 8.89. The largest absolute Gasteiger partial charge is 0.287 e. The Morgan fingerprint density at radius 3 is 1.56 bits per heavy atom. The highest BCUT2D eigenvalue weighted by atomic mass is 16.1. The molecule has 8 aromatic rings. The van der Waals surface area contributed by atoms with Crippen molar-refractivity contribution >= 4 is 0 Å². The molecule has 0 amide bonds. The van der Waals surface area contributed by atoms with Crippen molar-refractivity contribution in [2.45, 2.75) is 13.8 Å². The predicted molar refractivity (Wildman–Crippen MR) is 194 cm³/mol. The molecule has 0 spiro atoms. The second-order valence-electron chi connectivity index (χ2n) is 11.6. The van der Waals surface area contributed by atoms with Gasteiger partial charge in [0.25, 0.3) is 0 Å². The maximum Gasteiger partial charge on any atom is 0.209 e. The Balaban J connectivity index is 0.000000157. The molecule has 4 aromatic heterocycles. The van der Waals surface area contributed by atoms with E-state index in [4.69, 9.17) is 0 Å². The number of aromatic nitrogens is 8. The van der Waals surface area contributed by atoms with E-state index in [1.807, 2.05) is 129 Å². The van der Waals surface area contributed by atoms with E-state index in [-0.39, 0.29) is 10.9 Å². The predicted octanol–water partition coefficient (Wildman–Crippen LogP) is 6.79. The molecule has 10 nitrogen and oxygen atoms in total. The van der Waals surface area contributed by atoms with Gasteiger partial charge in [0.05, 0.1) is 34.6 Å². The highest BCUT2D eigenvalue weighted by Crippen LogP contribution is 2.19. The van der Waals surface area contributed by atoms with Crippen LogP contribution >= 0.6 is 0 Å². The first-order chi connectivity index (χ1) is 24.4. The molecule has 10 heteroatoms. The topological polar surface area (TPSA) is 105 Å². The minimum Gasteiger partial charge on any atom is -0.287 e. The van der Waals surface area contributed by atoms with Crippen LogP contribution in [-0.4, -0.2) is 39.1 Å². The van der Waals surface area contributed by atoms with Crippen LogP contribution in [0.2, 0.25) is 0 Å². The summed E-state index contributed by atoms with van der Waals surface area (Å²) in [6, 6.07) is 42.1. The SMILES string of the molecule is Cc1cccc(-n2ccc(=O)c(-c3ccn(-c4ccccc4)n3)n2)c1.Cc1cccc(-n2ccc(=O)c(-c3ccnn3-c3ccccc3)n2)c1. The summed E-state index contributed by atoms with van der Waals surface area (Å²) in [5.74, 6) is 0. The summed E-state index contributed by atoms with van der Waals surface area (Å²) < 4.78 is 6.88. The van der Waals surface area contributed by atoms with Gasteiger partial charge in [0.2, 0.25) is 10.9 Å².